The maximum atomic E-state index is 15.3. The highest BCUT2D eigenvalue weighted by atomic mass is 19.1. The van der Waals surface area contributed by atoms with E-state index in [-0.39, 0.29) is 55.1 Å². The van der Waals surface area contributed by atoms with Crippen LogP contribution in [0.2, 0.25) is 0 Å². The quantitative estimate of drug-likeness (QED) is 0.125. The van der Waals surface area contributed by atoms with Crippen molar-refractivity contribution in [2.75, 3.05) is 36.4 Å². The van der Waals surface area contributed by atoms with Crippen molar-refractivity contribution in [3.63, 3.8) is 0 Å². The van der Waals surface area contributed by atoms with Crippen molar-refractivity contribution >= 4 is 46.3 Å². The molecule has 304 valence electrons. The lowest BCUT2D eigenvalue weighted by Gasteiger charge is -2.35. The molecule has 5 aromatic rings. The molecule has 0 spiro atoms. The predicted octanol–water partition coefficient (Wildman–Crippen LogP) is 6.07. The molecule has 0 saturated carbocycles. The molecule has 17 heteroatoms. The monoisotopic (exact) mass is 797 g/mol. The van der Waals surface area contributed by atoms with E-state index in [1.807, 2.05) is 44.2 Å². The van der Waals surface area contributed by atoms with E-state index in [4.69, 9.17) is 13.9 Å². The van der Waals surface area contributed by atoms with Crippen LogP contribution in [0.4, 0.5) is 25.4 Å². The molecule has 0 radical (unpaired) electrons. The van der Waals surface area contributed by atoms with Crippen LogP contribution in [0, 0.1) is 11.7 Å². The minimum absolute atomic E-state index is 0.0149. The number of nitrogens with one attached hydrogen (secondary N) is 2. The number of alkyl carbamates (subject to hydrolysis) is 1. The number of aryl methyl sites for hydroxylation is 1. The van der Waals surface area contributed by atoms with E-state index < -0.39 is 52.8 Å². The number of carboxylic acids is 1. The first-order valence-electron chi connectivity index (χ1n) is 18.8. The Morgan fingerprint density at radius 1 is 0.897 bits per heavy atom. The number of rotatable bonds is 13. The highest BCUT2D eigenvalue weighted by Crippen LogP contribution is 2.28. The Balaban J connectivity index is 0.975. The van der Waals surface area contributed by atoms with Crippen molar-refractivity contribution in [3.8, 4) is 0 Å². The number of anilines is 2. The van der Waals surface area contributed by atoms with Gasteiger partial charge in [-0.3, -0.25) is 9.59 Å². The minimum atomic E-state index is -1.38. The molecule has 1 aliphatic heterocycles. The third-order valence-electron chi connectivity index (χ3n) is 9.82. The summed E-state index contributed by atoms with van der Waals surface area (Å²) in [6.45, 7) is 8.74. The summed E-state index contributed by atoms with van der Waals surface area (Å²) in [6.07, 6.45) is 0.0802. The Bertz CT molecular complexity index is 2340. The maximum Gasteiger partial charge on any atom is 0.410 e. The molecule has 3 aromatic carbocycles. The number of carbonyl (C=O) groups is 4. The van der Waals surface area contributed by atoms with E-state index in [1.54, 1.807) is 53.6 Å². The van der Waals surface area contributed by atoms with Crippen molar-refractivity contribution in [2.24, 2.45) is 5.92 Å². The van der Waals surface area contributed by atoms with Gasteiger partial charge in [0.15, 0.2) is 0 Å². The zero-order valence-electron chi connectivity index (χ0n) is 32.4. The van der Waals surface area contributed by atoms with Crippen LogP contribution in [0.15, 0.2) is 82.1 Å². The van der Waals surface area contributed by atoms with E-state index in [1.165, 1.54) is 11.1 Å². The van der Waals surface area contributed by atoms with Crippen molar-refractivity contribution in [2.45, 2.75) is 59.4 Å². The number of pyridine rings is 1. The molecule has 16 nitrogen and oxygen atoms in total. The molecule has 1 fully saturated rings. The fraction of sp³-hybridized carbons (Fsp3) is 0.341. The van der Waals surface area contributed by atoms with Crippen molar-refractivity contribution in [1.82, 2.24) is 25.0 Å². The number of hydrogen-bond acceptors (Lipinski definition) is 11. The van der Waals surface area contributed by atoms with Gasteiger partial charge in [-0.15, -0.1) is 10.2 Å². The number of fused-ring (bicyclic) bond motifs is 1. The molecule has 1 aliphatic rings. The summed E-state index contributed by atoms with van der Waals surface area (Å²) in [5.41, 5.74) is 1.50. The Labute approximate surface area is 332 Å². The molecule has 1 saturated heterocycles. The van der Waals surface area contributed by atoms with E-state index in [2.05, 4.69) is 20.8 Å². The van der Waals surface area contributed by atoms with E-state index in [0.717, 1.165) is 11.6 Å². The molecule has 2 atom stereocenters. The smallest absolute Gasteiger partial charge is 0.410 e. The fourth-order valence-electron chi connectivity index (χ4n) is 6.42. The summed E-state index contributed by atoms with van der Waals surface area (Å²) < 4.78 is 33.6. The molecule has 3 heterocycles. The highest BCUT2D eigenvalue weighted by Gasteiger charge is 2.29. The van der Waals surface area contributed by atoms with Gasteiger partial charge in [0.2, 0.25) is 23.1 Å². The minimum Gasteiger partial charge on any atom is -0.477 e. The van der Waals surface area contributed by atoms with Gasteiger partial charge >= 0.3 is 18.2 Å². The van der Waals surface area contributed by atoms with Crippen LogP contribution in [0.5, 0.6) is 0 Å². The van der Waals surface area contributed by atoms with E-state index in [9.17, 15) is 29.1 Å². The number of ether oxygens (including phenoxy) is 2. The van der Waals surface area contributed by atoms with Gasteiger partial charge in [-0.2, -0.15) is 0 Å². The highest BCUT2D eigenvalue weighted by molar-refractivity contribution is 5.95. The predicted molar refractivity (Wildman–Crippen MR) is 210 cm³/mol. The number of hydrogen-bond donors (Lipinski definition) is 3. The molecule has 3 amide bonds. The molecule has 0 bridgehead atoms. The lowest BCUT2D eigenvalue weighted by Crippen LogP contribution is -2.49. The molecule has 6 rings (SSSR count). The lowest BCUT2D eigenvalue weighted by molar-refractivity contribution is -0.117. The molecule has 0 aliphatic carbocycles. The molecule has 58 heavy (non-hydrogen) atoms. The summed E-state index contributed by atoms with van der Waals surface area (Å²) in [4.78, 5) is 66.1. The first-order chi connectivity index (χ1) is 27.8. The van der Waals surface area contributed by atoms with Gasteiger partial charge in [-0.05, 0) is 55.2 Å². The lowest BCUT2D eigenvalue weighted by atomic mass is 10.1. The van der Waals surface area contributed by atoms with Crippen molar-refractivity contribution in [1.29, 1.82) is 0 Å². The summed E-state index contributed by atoms with van der Waals surface area (Å²) in [6, 6.07) is 18.0. The Morgan fingerprint density at radius 3 is 2.21 bits per heavy atom. The summed E-state index contributed by atoms with van der Waals surface area (Å²) in [5, 5.41) is 23.1. The first kappa shape index (κ1) is 40.9. The maximum absolute atomic E-state index is 15.3. The summed E-state index contributed by atoms with van der Waals surface area (Å²) in [5.74, 6) is -3.17. The number of piperazine rings is 1. The fourth-order valence-corrected chi connectivity index (χ4v) is 6.42. The first-order valence-corrected chi connectivity index (χ1v) is 18.8. The van der Waals surface area contributed by atoms with Gasteiger partial charge in [0.05, 0.1) is 11.2 Å². The summed E-state index contributed by atoms with van der Waals surface area (Å²) in [7, 11) is 0. The van der Waals surface area contributed by atoms with Crippen LogP contribution >= 0.6 is 0 Å². The van der Waals surface area contributed by atoms with Crippen LogP contribution in [0.25, 0.3) is 10.9 Å². The van der Waals surface area contributed by atoms with Gasteiger partial charge in [0, 0.05) is 50.0 Å². The van der Waals surface area contributed by atoms with Gasteiger partial charge in [0.1, 0.15) is 36.6 Å². The second-order valence-corrected chi connectivity index (χ2v) is 14.1. The average molecular weight is 798 g/mol. The number of benzene rings is 3. The zero-order valence-corrected chi connectivity index (χ0v) is 32.4. The third-order valence-corrected chi connectivity index (χ3v) is 9.82. The van der Waals surface area contributed by atoms with Crippen LogP contribution in [0.1, 0.15) is 72.9 Å². The van der Waals surface area contributed by atoms with Gasteiger partial charge in [-0.1, -0.05) is 56.3 Å². The number of aromatic nitrogens is 3. The van der Waals surface area contributed by atoms with Crippen molar-refractivity contribution < 1.29 is 42.6 Å². The normalized spacial score (nSPS) is 13.9. The average Bonchev–Trinajstić information content (AvgIpc) is 3.71. The third kappa shape index (κ3) is 9.42. The molecule has 0 unspecified atom stereocenters. The number of carboxylic acid groups (broad SMARTS) is 1. The SMILES string of the molecule is CCn1cc(C(=O)O)c(=O)c2cc(F)c(N3CCN(C(=O)OCc4ccc(NC(=O)[C@@H](C)c5nnc([C@@H](NC(=O)OCc6ccccc6)C(C)C)o5)cc4)CC3)cc21. The van der Waals surface area contributed by atoms with E-state index >= 15 is 4.39 Å². The van der Waals surface area contributed by atoms with Crippen LogP contribution in [-0.4, -0.2) is 75.0 Å². The zero-order chi connectivity index (χ0) is 41.5. The topological polar surface area (TPSA) is 198 Å². The molecule has 3 N–H and O–H groups in total. The second-order valence-electron chi connectivity index (χ2n) is 14.1. The molecular weight excluding hydrogens is 753 g/mol. The Kier molecular flexibility index (Phi) is 12.7. The number of halogens is 1. The number of carbonyl (C=O) groups excluding carboxylic acids is 3. The largest absolute Gasteiger partial charge is 0.477 e. The Hall–Kier alpha value is -6.78. The Morgan fingerprint density at radius 2 is 1.55 bits per heavy atom. The van der Waals surface area contributed by atoms with Crippen LogP contribution < -0.4 is 21.0 Å². The number of aromatic carboxylic acids is 1. The summed E-state index contributed by atoms with van der Waals surface area (Å²) >= 11 is 0. The number of amides is 3. The second kappa shape index (κ2) is 18.0. The molecular formula is C41H44FN7O9. The van der Waals surface area contributed by atoms with Gasteiger partial charge in [-0.25, -0.2) is 18.8 Å². The van der Waals surface area contributed by atoms with Gasteiger partial charge in [0.25, 0.3) is 0 Å². The molecule has 2 aromatic heterocycles. The van der Waals surface area contributed by atoms with Gasteiger partial charge < -0.3 is 44.0 Å². The van der Waals surface area contributed by atoms with Crippen molar-refractivity contribution in [3.05, 3.63) is 117 Å². The standard InChI is InChI=1S/C41H44FN7O9/c1-5-47-21-30(39(52)53)35(50)29-19-31(42)33(20-32(29)47)48-15-17-49(18-16-48)41(55)57-23-27-11-13-28(14-12-27)43-36(51)25(4)37-45-46-38(58-37)34(24(2)3)44-40(54)56-22-26-9-7-6-8-10-26/h6-14,19-21,24-25,34H,5,15-18,22-23H2,1-4H3,(H,43,51)(H,44,54)(H,52,53)/t25-,34+/m1/s1. The number of nitrogens with zero attached hydrogens (tertiary/aromatic N) is 5. The van der Waals surface area contributed by atoms with E-state index in [0.29, 0.717) is 36.4 Å². The van der Waals surface area contributed by atoms with Crippen LogP contribution in [0.3, 0.4) is 0 Å². The van der Waals surface area contributed by atoms with Crippen LogP contribution in [-0.2, 0) is 34.0 Å².